The van der Waals surface area contributed by atoms with Crippen LogP contribution in [0.5, 0.6) is 0 Å². The Morgan fingerprint density at radius 3 is 2.67 bits per heavy atom. The van der Waals surface area contributed by atoms with Crippen molar-refractivity contribution >= 4 is 5.97 Å². The molecule has 5 heteroatoms. The highest BCUT2D eigenvalue weighted by atomic mass is 16.6. The first-order chi connectivity index (χ1) is 5.61. The number of hydrogen-bond acceptors (Lipinski definition) is 5. The van der Waals surface area contributed by atoms with Crippen LogP contribution in [0.2, 0.25) is 0 Å². The molecule has 0 heterocycles. The molecular formula is C7H16N2O3. The van der Waals surface area contributed by atoms with Gasteiger partial charge < -0.3 is 15.6 Å². The van der Waals surface area contributed by atoms with Gasteiger partial charge in [-0.05, 0) is 13.5 Å². The molecule has 0 aliphatic carbocycles. The van der Waals surface area contributed by atoms with Crippen LogP contribution in [0.3, 0.4) is 0 Å². The number of nitrogens with one attached hydrogen (secondary N) is 1. The van der Waals surface area contributed by atoms with Crippen molar-refractivity contribution in [1.82, 2.24) is 5.32 Å². The first kappa shape index (κ1) is 11.4. The molecule has 2 unspecified atom stereocenters. The molecule has 0 amide bonds. The lowest BCUT2D eigenvalue weighted by Gasteiger charge is -2.17. The minimum absolute atomic E-state index is 0.201. The highest BCUT2D eigenvalue weighted by Crippen LogP contribution is 1.91. The van der Waals surface area contributed by atoms with Gasteiger partial charge in [-0.2, -0.15) is 0 Å². The van der Waals surface area contributed by atoms with Crippen molar-refractivity contribution < 1.29 is 14.6 Å². The summed E-state index contributed by atoms with van der Waals surface area (Å²) in [5.41, 5.74) is 5.29. The number of carbonyl (C=O) groups is 1. The van der Waals surface area contributed by atoms with E-state index in [1.165, 1.54) is 6.92 Å². The van der Waals surface area contributed by atoms with Crippen molar-refractivity contribution in [2.45, 2.75) is 26.2 Å². The van der Waals surface area contributed by atoms with Crippen molar-refractivity contribution in [3.05, 3.63) is 0 Å². The summed E-state index contributed by atoms with van der Waals surface area (Å²) in [7, 11) is 0. The lowest BCUT2D eigenvalue weighted by Crippen LogP contribution is -2.41. The van der Waals surface area contributed by atoms with Crippen LogP contribution in [0.25, 0.3) is 0 Å². The minimum atomic E-state index is -1.10. The zero-order valence-electron chi connectivity index (χ0n) is 7.41. The van der Waals surface area contributed by atoms with E-state index in [0.29, 0.717) is 6.54 Å². The molecule has 0 aromatic carbocycles. The van der Waals surface area contributed by atoms with Crippen molar-refractivity contribution in [1.29, 1.82) is 0 Å². The number of rotatable bonds is 5. The van der Waals surface area contributed by atoms with Gasteiger partial charge in [0.25, 0.3) is 0 Å². The second kappa shape index (κ2) is 5.93. The normalized spacial score (nSPS) is 15.3. The van der Waals surface area contributed by atoms with Crippen LogP contribution in [0.15, 0.2) is 0 Å². The maximum atomic E-state index is 10.8. The van der Waals surface area contributed by atoms with E-state index in [0.717, 1.165) is 0 Å². The van der Waals surface area contributed by atoms with Crippen LogP contribution in [0.4, 0.5) is 0 Å². The zero-order valence-corrected chi connectivity index (χ0v) is 7.41. The van der Waals surface area contributed by atoms with Crippen LogP contribution in [-0.2, 0) is 9.53 Å². The first-order valence-electron chi connectivity index (χ1n) is 3.93. The topological polar surface area (TPSA) is 84.6 Å². The van der Waals surface area contributed by atoms with E-state index in [1.54, 1.807) is 0 Å². The Morgan fingerprint density at radius 2 is 2.33 bits per heavy atom. The maximum absolute atomic E-state index is 10.8. The van der Waals surface area contributed by atoms with Gasteiger partial charge in [-0.3, -0.25) is 5.32 Å². The van der Waals surface area contributed by atoms with Crippen molar-refractivity contribution in [3.8, 4) is 0 Å². The van der Waals surface area contributed by atoms with Crippen molar-refractivity contribution in [3.63, 3.8) is 0 Å². The van der Waals surface area contributed by atoms with Gasteiger partial charge in [-0.1, -0.05) is 6.92 Å². The predicted octanol–water partition coefficient (Wildman–Crippen LogP) is -1.20. The molecule has 4 N–H and O–H groups in total. The average molecular weight is 176 g/mol. The van der Waals surface area contributed by atoms with Gasteiger partial charge in [-0.15, -0.1) is 0 Å². The van der Waals surface area contributed by atoms with Crippen molar-refractivity contribution in [2.75, 3.05) is 13.1 Å². The summed E-state index contributed by atoms with van der Waals surface area (Å²) in [5.74, 6) is -0.661. The second-order valence-corrected chi connectivity index (χ2v) is 2.39. The van der Waals surface area contributed by atoms with Gasteiger partial charge >= 0.3 is 5.97 Å². The number of likely N-dealkylation sites (N-methyl/N-ethyl adjacent to an activating group) is 1. The number of aliphatic hydroxyl groups excluding tert-OH is 1. The molecule has 0 saturated carbocycles. The molecule has 0 rings (SSSR count). The van der Waals surface area contributed by atoms with Gasteiger partial charge in [0, 0.05) is 6.54 Å². The molecule has 5 nitrogen and oxygen atoms in total. The van der Waals surface area contributed by atoms with E-state index in [9.17, 15) is 4.79 Å². The SMILES string of the molecule is CCNC(CN)OC(=O)C(C)O. The fourth-order valence-corrected chi connectivity index (χ4v) is 0.639. The highest BCUT2D eigenvalue weighted by molar-refractivity contribution is 5.73. The monoisotopic (exact) mass is 176 g/mol. The van der Waals surface area contributed by atoms with E-state index in [-0.39, 0.29) is 6.54 Å². The molecule has 2 atom stereocenters. The van der Waals surface area contributed by atoms with Gasteiger partial charge in [0.15, 0.2) is 6.23 Å². The van der Waals surface area contributed by atoms with E-state index >= 15 is 0 Å². The molecule has 0 aliphatic heterocycles. The zero-order chi connectivity index (χ0) is 9.56. The Bertz CT molecular complexity index is 139. The molecule has 0 saturated heterocycles. The highest BCUT2D eigenvalue weighted by Gasteiger charge is 2.15. The molecule has 0 fully saturated rings. The van der Waals surface area contributed by atoms with E-state index in [4.69, 9.17) is 15.6 Å². The fourth-order valence-electron chi connectivity index (χ4n) is 0.639. The lowest BCUT2D eigenvalue weighted by molar-refractivity contribution is -0.159. The molecule has 0 bridgehead atoms. The summed E-state index contributed by atoms with van der Waals surface area (Å²) >= 11 is 0. The average Bonchev–Trinajstić information content (AvgIpc) is 2.03. The Labute approximate surface area is 71.9 Å². The summed E-state index contributed by atoms with van der Waals surface area (Å²) in [5, 5.41) is 11.6. The van der Waals surface area contributed by atoms with Crippen LogP contribution >= 0.6 is 0 Å². The molecule has 12 heavy (non-hydrogen) atoms. The second-order valence-electron chi connectivity index (χ2n) is 2.39. The third-order valence-corrected chi connectivity index (χ3v) is 1.25. The largest absolute Gasteiger partial charge is 0.443 e. The Hall–Kier alpha value is -0.650. The number of esters is 1. The van der Waals surface area contributed by atoms with Crippen LogP contribution < -0.4 is 11.1 Å². The summed E-state index contributed by atoms with van der Waals surface area (Å²) in [4.78, 5) is 10.8. The molecule has 0 aromatic heterocycles. The summed E-state index contributed by atoms with van der Waals surface area (Å²) in [6.07, 6.45) is -1.60. The van der Waals surface area contributed by atoms with E-state index in [1.807, 2.05) is 6.92 Å². The number of aliphatic hydroxyl groups is 1. The molecule has 0 aromatic rings. The Morgan fingerprint density at radius 1 is 1.75 bits per heavy atom. The minimum Gasteiger partial charge on any atom is -0.443 e. The van der Waals surface area contributed by atoms with Gasteiger partial charge in [0.2, 0.25) is 0 Å². The van der Waals surface area contributed by atoms with Crippen LogP contribution in [0, 0.1) is 0 Å². The van der Waals surface area contributed by atoms with Gasteiger partial charge in [0.1, 0.15) is 6.10 Å². The van der Waals surface area contributed by atoms with Gasteiger partial charge in [-0.25, -0.2) is 4.79 Å². The summed E-state index contributed by atoms with van der Waals surface area (Å²) < 4.78 is 4.78. The third kappa shape index (κ3) is 4.27. The quantitative estimate of drug-likeness (QED) is 0.362. The number of hydrogen-bond donors (Lipinski definition) is 3. The van der Waals surface area contributed by atoms with Crippen LogP contribution in [0.1, 0.15) is 13.8 Å². The Kier molecular flexibility index (Phi) is 5.61. The Balaban J connectivity index is 3.77. The first-order valence-corrected chi connectivity index (χ1v) is 3.93. The predicted molar refractivity (Wildman–Crippen MR) is 44.3 cm³/mol. The van der Waals surface area contributed by atoms with E-state index in [2.05, 4.69) is 5.32 Å². The standard InChI is InChI=1S/C7H16N2O3/c1-3-9-6(4-8)12-7(11)5(2)10/h5-6,9-10H,3-4,8H2,1-2H3. The molecule has 0 radical (unpaired) electrons. The molecule has 0 aliphatic rings. The number of carbonyl (C=O) groups excluding carboxylic acids is 1. The lowest BCUT2D eigenvalue weighted by atomic mass is 10.4. The van der Waals surface area contributed by atoms with Crippen LogP contribution in [-0.4, -0.2) is 36.5 Å². The number of ether oxygens (including phenoxy) is 1. The van der Waals surface area contributed by atoms with Gasteiger partial charge in [0.05, 0.1) is 0 Å². The molecule has 72 valence electrons. The number of nitrogens with two attached hydrogens (primary N) is 1. The maximum Gasteiger partial charge on any atom is 0.336 e. The fraction of sp³-hybridized carbons (Fsp3) is 0.857. The molecule has 0 spiro atoms. The summed E-state index contributed by atoms with van der Waals surface area (Å²) in [6, 6.07) is 0. The smallest absolute Gasteiger partial charge is 0.336 e. The third-order valence-electron chi connectivity index (χ3n) is 1.25. The van der Waals surface area contributed by atoms with E-state index < -0.39 is 18.3 Å². The van der Waals surface area contributed by atoms with Crippen molar-refractivity contribution in [2.24, 2.45) is 5.73 Å². The molecular weight excluding hydrogens is 160 g/mol. The summed E-state index contributed by atoms with van der Waals surface area (Å²) in [6.45, 7) is 4.09.